The molecule has 7 nitrogen and oxygen atoms in total. The van der Waals surface area contributed by atoms with Crippen molar-refractivity contribution in [3.63, 3.8) is 0 Å². The number of cyclic esters (lactones) is 3. The van der Waals surface area contributed by atoms with Crippen LogP contribution in [0.25, 0.3) is 0 Å². The summed E-state index contributed by atoms with van der Waals surface area (Å²) in [6.07, 6.45) is 18.4. The van der Waals surface area contributed by atoms with Gasteiger partial charge in [0.2, 0.25) is 0 Å². The fraction of sp³-hybridized carbons (Fsp3) is 0.917. The van der Waals surface area contributed by atoms with Gasteiger partial charge >= 0.3 is 23.9 Å². The van der Waals surface area contributed by atoms with Gasteiger partial charge in [-0.3, -0.25) is 19.2 Å². The monoisotopic (exact) mass is 779 g/mol. The second-order valence-corrected chi connectivity index (χ2v) is 18.3. The summed E-state index contributed by atoms with van der Waals surface area (Å²) in [5, 5.41) is 0. The van der Waals surface area contributed by atoms with E-state index in [1.807, 2.05) is 0 Å². The molecule has 16 atom stereocenters. The van der Waals surface area contributed by atoms with Crippen molar-refractivity contribution in [1.82, 2.24) is 0 Å². The third-order valence-corrected chi connectivity index (χ3v) is 16.1. The summed E-state index contributed by atoms with van der Waals surface area (Å²) in [7, 11) is 0. The Balaban J connectivity index is 0.000000802. The predicted molar refractivity (Wildman–Crippen MR) is 228 cm³/mol. The van der Waals surface area contributed by atoms with Crippen molar-refractivity contribution < 1.29 is 33.4 Å². The van der Waals surface area contributed by atoms with E-state index in [1.165, 1.54) is 57.8 Å². The van der Waals surface area contributed by atoms with E-state index in [2.05, 4.69) is 39.4 Å². The van der Waals surface area contributed by atoms with Gasteiger partial charge in [0.15, 0.2) is 0 Å². The van der Waals surface area contributed by atoms with Crippen molar-refractivity contribution >= 4 is 23.9 Å². The number of carbonyl (C=O) groups excluding carboxylic acids is 4. The number of fused-ring (bicyclic) bond motifs is 6. The molecule has 6 aliphatic carbocycles. The van der Waals surface area contributed by atoms with Crippen LogP contribution in [0.5, 0.6) is 0 Å². The van der Waals surface area contributed by atoms with Gasteiger partial charge < -0.3 is 14.2 Å². The molecule has 0 aromatic heterocycles. The lowest BCUT2D eigenvalue weighted by Crippen LogP contribution is -2.43. The van der Waals surface area contributed by atoms with E-state index in [9.17, 15) is 19.2 Å². The average molecular weight is 779 g/mol. The molecule has 7 heteroatoms. The normalized spacial score (nSPS) is 41.9. The molecule has 8 rings (SSSR count). The highest BCUT2D eigenvalue weighted by molar-refractivity contribution is 5.95. The van der Waals surface area contributed by atoms with E-state index in [0.717, 1.165) is 79.4 Å². The summed E-state index contributed by atoms with van der Waals surface area (Å²) in [6.45, 7) is 15.3. The Bertz CT molecular complexity index is 1210. The lowest BCUT2D eigenvalue weighted by Gasteiger charge is -2.39. The smallest absolute Gasteiger partial charge is 0.317 e. The van der Waals surface area contributed by atoms with Crippen LogP contribution in [0.2, 0.25) is 0 Å². The van der Waals surface area contributed by atoms with E-state index in [4.69, 9.17) is 9.47 Å². The van der Waals surface area contributed by atoms with Crippen molar-refractivity contribution in [3.8, 4) is 0 Å². The second kappa shape index (κ2) is 21.7. The Kier molecular flexibility index (Phi) is 21.0. The highest BCUT2D eigenvalue weighted by Crippen LogP contribution is 2.58. The molecular formula is C48H90O7. The molecule has 0 amide bonds. The van der Waals surface area contributed by atoms with Crippen LogP contribution in [0.3, 0.4) is 0 Å². The molecule has 0 N–H and O–H groups in total. The van der Waals surface area contributed by atoms with Crippen LogP contribution in [0.1, 0.15) is 189 Å². The predicted octanol–water partition coefficient (Wildman–Crippen LogP) is 12.8. The molecule has 8 aliphatic rings. The summed E-state index contributed by atoms with van der Waals surface area (Å²) in [4.78, 5) is 45.0. The molecule has 324 valence electrons. The Morgan fingerprint density at radius 3 is 1.67 bits per heavy atom. The van der Waals surface area contributed by atoms with Gasteiger partial charge in [0.25, 0.3) is 0 Å². The van der Waals surface area contributed by atoms with Crippen LogP contribution in [0.4, 0.5) is 0 Å². The molecule has 6 bridgehead atoms. The molecule has 8 fully saturated rings. The van der Waals surface area contributed by atoms with Crippen LogP contribution < -0.4 is 0 Å². The molecule has 0 radical (unpaired) electrons. The Morgan fingerprint density at radius 2 is 1.25 bits per heavy atom. The van der Waals surface area contributed by atoms with Crippen LogP contribution in [0.15, 0.2) is 0 Å². The van der Waals surface area contributed by atoms with Gasteiger partial charge in [0.05, 0.1) is 17.8 Å². The molecule has 55 heavy (non-hydrogen) atoms. The van der Waals surface area contributed by atoms with Crippen molar-refractivity contribution in [2.75, 3.05) is 0 Å². The lowest BCUT2D eigenvalue weighted by atomic mass is 9.74. The van der Waals surface area contributed by atoms with Crippen molar-refractivity contribution in [2.45, 2.75) is 201 Å². The van der Waals surface area contributed by atoms with Crippen LogP contribution >= 0.6 is 0 Å². The fourth-order valence-corrected chi connectivity index (χ4v) is 12.2. The van der Waals surface area contributed by atoms with Crippen molar-refractivity contribution in [2.24, 2.45) is 82.9 Å². The number of ether oxygens (including phenoxy) is 3. The fourth-order valence-electron chi connectivity index (χ4n) is 12.2. The summed E-state index contributed by atoms with van der Waals surface area (Å²) in [6, 6.07) is 0. The average Bonchev–Trinajstić information content (AvgIpc) is 3.96. The Hall–Kier alpha value is -1.92. The first-order valence-electron chi connectivity index (χ1n) is 20.5. The first-order valence-corrected chi connectivity index (χ1v) is 20.5. The molecule has 0 aromatic carbocycles. The van der Waals surface area contributed by atoms with Crippen LogP contribution in [-0.4, -0.2) is 35.6 Å². The zero-order valence-corrected chi connectivity index (χ0v) is 31.6. The first-order chi connectivity index (χ1) is 23.3. The summed E-state index contributed by atoms with van der Waals surface area (Å²) < 4.78 is 15.8. The second-order valence-electron chi connectivity index (χ2n) is 18.3. The third-order valence-electron chi connectivity index (χ3n) is 16.1. The summed E-state index contributed by atoms with van der Waals surface area (Å²) in [5.41, 5.74) is -0.0866. The van der Waals surface area contributed by atoms with Crippen LogP contribution in [-0.2, 0) is 33.4 Å². The maximum absolute atomic E-state index is 12.9. The topological polar surface area (TPSA) is 96.0 Å². The zero-order valence-electron chi connectivity index (χ0n) is 31.6. The molecular weight excluding hydrogens is 689 g/mol. The minimum Gasteiger partial charge on any atom is -0.462 e. The zero-order chi connectivity index (χ0) is 35.2. The van der Waals surface area contributed by atoms with Gasteiger partial charge in [-0.2, -0.15) is 0 Å². The molecule has 2 heterocycles. The number of hydrogen-bond acceptors (Lipinski definition) is 7. The number of rotatable bonds is 8. The first kappa shape index (κ1) is 53.1. The summed E-state index contributed by atoms with van der Waals surface area (Å²) in [5.74, 6) is 8.46. The van der Waals surface area contributed by atoms with E-state index in [1.54, 1.807) is 13.8 Å². The maximum atomic E-state index is 12.9. The number of hydrogen-bond donors (Lipinski definition) is 0. The SMILES string of the molecule is C.C.C.C.C.C.CC1C(=O)OC(=O)C1C.CC1C2CC(CCCCC3CCC(=O)O3)C(C2)C1C.CCC1(OC(=O)C2CC3CC2C(C)C3C)CC2CCC1C2. The minimum atomic E-state index is -0.396. The molecule has 0 spiro atoms. The highest BCUT2D eigenvalue weighted by Gasteiger charge is 2.56. The van der Waals surface area contributed by atoms with Gasteiger partial charge in [-0.05, 0) is 142 Å². The quantitative estimate of drug-likeness (QED) is 0.105. The van der Waals surface area contributed by atoms with Gasteiger partial charge in [-0.25, -0.2) is 0 Å². The molecule has 0 aromatic rings. The molecule has 2 saturated heterocycles. The number of esters is 4. The van der Waals surface area contributed by atoms with Gasteiger partial charge in [0.1, 0.15) is 11.7 Å². The number of unbranched alkanes of at least 4 members (excludes halogenated alkanes) is 1. The van der Waals surface area contributed by atoms with Crippen LogP contribution in [0, 0.1) is 82.9 Å². The molecule has 6 saturated carbocycles. The van der Waals surface area contributed by atoms with Gasteiger partial charge in [0, 0.05) is 6.42 Å². The van der Waals surface area contributed by atoms with Crippen molar-refractivity contribution in [3.05, 3.63) is 0 Å². The largest absolute Gasteiger partial charge is 0.462 e. The molecule has 2 aliphatic heterocycles. The Labute approximate surface area is 340 Å². The summed E-state index contributed by atoms with van der Waals surface area (Å²) >= 11 is 0. The van der Waals surface area contributed by atoms with Gasteiger partial charge in [-0.1, -0.05) is 106 Å². The van der Waals surface area contributed by atoms with E-state index >= 15 is 0 Å². The van der Waals surface area contributed by atoms with E-state index < -0.39 is 11.9 Å². The standard InChI is InChI=1S/C19H30O2.C17H28O2.C6H8O3.6CH4/c1-4-19(10-13-5-6-15(19)7-13)21-18(20)17-9-14-8-16(17)12(3)11(14)2;1-11-12(2)16-10-14(11)9-13(16)5-3-4-6-15-7-8-17(18)19-15;1-3-4(2)6(8)9-5(3)7;;;;;;/h11-17H,4-10H2,1-3H3;11-16H,3-10H2,1-2H3;3-4H,1-2H3;6*1H4. The highest BCUT2D eigenvalue weighted by atomic mass is 16.6. The van der Waals surface area contributed by atoms with E-state index in [-0.39, 0.29) is 86.0 Å². The third kappa shape index (κ3) is 10.8. The van der Waals surface area contributed by atoms with Gasteiger partial charge in [-0.15, -0.1) is 0 Å². The maximum Gasteiger partial charge on any atom is 0.317 e. The van der Waals surface area contributed by atoms with E-state index in [0.29, 0.717) is 24.2 Å². The lowest BCUT2D eigenvalue weighted by molar-refractivity contribution is -0.174. The Morgan fingerprint density at radius 1 is 0.691 bits per heavy atom. The van der Waals surface area contributed by atoms with Crippen molar-refractivity contribution in [1.29, 1.82) is 0 Å². The molecule has 16 unspecified atom stereocenters. The number of carbonyl (C=O) groups is 4. The minimum absolute atomic E-state index is 0.